The summed E-state index contributed by atoms with van der Waals surface area (Å²) in [6.07, 6.45) is -2.49. The molecular weight excluding hydrogens is 587 g/mol. The summed E-state index contributed by atoms with van der Waals surface area (Å²) in [5.74, 6) is -1.74. The molecule has 0 saturated carbocycles. The number of hydrogen-bond donors (Lipinski definition) is 5. The lowest BCUT2D eigenvalue weighted by molar-refractivity contribution is 0.141. The van der Waals surface area contributed by atoms with E-state index in [-0.39, 0.29) is 38.9 Å². The van der Waals surface area contributed by atoms with Crippen LogP contribution in [0.1, 0.15) is 12.1 Å². The Hall–Kier alpha value is -2.80. The number of nitrogens with zero attached hydrogens (tertiary/aromatic N) is 3. The Morgan fingerprint density at radius 2 is 1.81 bits per heavy atom. The fraction of sp³-hybridized carbons (Fsp3) is 0.222. The van der Waals surface area contributed by atoms with Crippen LogP contribution in [0.25, 0.3) is 5.69 Å². The fourth-order valence-corrected chi connectivity index (χ4v) is 6.67. The summed E-state index contributed by atoms with van der Waals surface area (Å²) < 4.78 is 78.4. The minimum absolute atomic E-state index is 0.176. The van der Waals surface area contributed by atoms with Crippen LogP contribution in [0.4, 0.5) is 8.78 Å². The molecule has 3 heterocycles. The standard InChI is InChI=1S/C18H15Cl2F2N5O8S2/c19-9-1-8(27-18(30)24-17(29)14(25-27)16(21)22)2-10(20)15(9)35-13-3-12(11(28)4-23-13)37(33,34)26-7-5-36(31,32)6-7/h1-4,7,16,26,28,31-32H,5-6H2,(H,24,29,30). The molecule has 0 unspecified atom stereocenters. The van der Waals surface area contributed by atoms with Crippen molar-refractivity contribution in [2.75, 3.05) is 11.5 Å². The van der Waals surface area contributed by atoms with Gasteiger partial charge in [-0.05, 0) is 12.1 Å². The number of nitrogens with one attached hydrogen (secondary N) is 2. The molecule has 3 aromatic rings. The number of sulfonamides is 1. The van der Waals surface area contributed by atoms with Crippen LogP contribution in [-0.4, -0.2) is 59.9 Å². The van der Waals surface area contributed by atoms with E-state index in [1.165, 1.54) is 0 Å². The summed E-state index contributed by atoms with van der Waals surface area (Å²) in [7, 11) is -7.16. The highest BCUT2D eigenvalue weighted by atomic mass is 35.5. The molecule has 5 N–H and O–H groups in total. The van der Waals surface area contributed by atoms with Gasteiger partial charge in [-0.25, -0.2) is 31.7 Å². The second-order valence-corrected chi connectivity index (χ2v) is 12.4. The van der Waals surface area contributed by atoms with Crippen LogP contribution >= 0.6 is 33.8 Å². The average molecular weight is 602 g/mol. The van der Waals surface area contributed by atoms with Crippen LogP contribution in [0.2, 0.25) is 10.0 Å². The molecule has 37 heavy (non-hydrogen) atoms. The molecule has 1 aliphatic heterocycles. The van der Waals surface area contributed by atoms with E-state index in [1.807, 2.05) is 0 Å². The molecule has 0 amide bonds. The molecule has 0 aliphatic carbocycles. The molecule has 13 nitrogen and oxygen atoms in total. The number of rotatable bonds is 7. The summed E-state index contributed by atoms with van der Waals surface area (Å²) >= 11 is 12.4. The van der Waals surface area contributed by atoms with E-state index in [9.17, 15) is 41.0 Å². The van der Waals surface area contributed by atoms with E-state index in [4.69, 9.17) is 27.9 Å². The first-order valence-corrected chi connectivity index (χ1v) is 13.9. The van der Waals surface area contributed by atoms with Gasteiger partial charge in [0.2, 0.25) is 15.9 Å². The predicted octanol–water partition coefficient (Wildman–Crippen LogP) is 2.47. The van der Waals surface area contributed by atoms with Gasteiger partial charge in [0.15, 0.2) is 17.2 Å². The normalized spacial score (nSPS) is 16.4. The molecule has 4 rings (SSSR count). The van der Waals surface area contributed by atoms with E-state index in [2.05, 4.69) is 14.8 Å². The molecule has 1 saturated heterocycles. The Morgan fingerprint density at radius 1 is 1.19 bits per heavy atom. The van der Waals surface area contributed by atoms with Crippen molar-refractivity contribution >= 4 is 43.8 Å². The topological polar surface area (TPSA) is 197 Å². The lowest BCUT2D eigenvalue weighted by atomic mass is 10.3. The molecule has 0 bridgehead atoms. The number of aromatic nitrogens is 4. The zero-order valence-electron chi connectivity index (χ0n) is 17.9. The zero-order chi connectivity index (χ0) is 27.3. The van der Waals surface area contributed by atoms with E-state index in [0.717, 1.165) is 24.4 Å². The molecule has 1 fully saturated rings. The second-order valence-electron chi connectivity index (χ2n) is 7.64. The average Bonchev–Trinajstić information content (AvgIpc) is 2.75. The molecule has 1 aromatic carbocycles. The van der Waals surface area contributed by atoms with E-state index < -0.39 is 60.7 Å². The quantitative estimate of drug-likeness (QED) is 0.268. The number of hydrogen-bond acceptors (Lipinski definition) is 10. The Morgan fingerprint density at radius 3 is 2.38 bits per heavy atom. The van der Waals surface area contributed by atoms with Gasteiger partial charge in [0.25, 0.3) is 12.0 Å². The monoisotopic (exact) mass is 601 g/mol. The minimum atomic E-state index is -4.33. The van der Waals surface area contributed by atoms with Gasteiger partial charge in [0.05, 0.1) is 39.5 Å². The number of ether oxygens (including phenoxy) is 1. The maximum Gasteiger partial charge on any atom is 0.349 e. The van der Waals surface area contributed by atoms with E-state index in [0.29, 0.717) is 4.68 Å². The van der Waals surface area contributed by atoms with Crippen LogP contribution in [0.3, 0.4) is 0 Å². The van der Waals surface area contributed by atoms with Gasteiger partial charge in [-0.15, -0.1) is 0 Å². The number of alkyl halides is 2. The largest absolute Gasteiger partial charge is 0.505 e. The Balaban J connectivity index is 1.64. The Kier molecular flexibility index (Phi) is 7.23. The third-order valence-corrected chi connectivity index (χ3v) is 8.85. The lowest BCUT2D eigenvalue weighted by Crippen LogP contribution is -2.50. The van der Waals surface area contributed by atoms with Crippen LogP contribution in [0.5, 0.6) is 17.4 Å². The number of pyridine rings is 1. The van der Waals surface area contributed by atoms with E-state index in [1.54, 1.807) is 4.98 Å². The number of aromatic hydroxyl groups is 1. The number of halogens is 4. The third-order valence-electron chi connectivity index (χ3n) is 4.86. The van der Waals surface area contributed by atoms with Gasteiger partial charge in [0.1, 0.15) is 4.90 Å². The number of benzene rings is 1. The fourth-order valence-electron chi connectivity index (χ4n) is 3.23. The Bertz CT molecular complexity index is 1590. The van der Waals surface area contributed by atoms with Gasteiger partial charge >= 0.3 is 5.69 Å². The van der Waals surface area contributed by atoms with Crippen molar-refractivity contribution in [2.45, 2.75) is 17.4 Å². The number of H-pyrrole nitrogens is 1. The summed E-state index contributed by atoms with van der Waals surface area (Å²) in [4.78, 5) is 28.4. The first kappa shape index (κ1) is 27.2. The van der Waals surface area contributed by atoms with Gasteiger partial charge in [-0.1, -0.05) is 23.2 Å². The molecule has 1 aliphatic rings. The van der Waals surface area contributed by atoms with Crippen molar-refractivity contribution in [1.29, 1.82) is 0 Å². The molecule has 200 valence electrons. The molecule has 0 radical (unpaired) electrons. The van der Waals surface area contributed by atoms with Crippen LogP contribution in [0.15, 0.2) is 38.9 Å². The zero-order valence-corrected chi connectivity index (χ0v) is 21.1. The van der Waals surface area contributed by atoms with E-state index >= 15 is 0 Å². The minimum Gasteiger partial charge on any atom is -0.505 e. The lowest BCUT2D eigenvalue weighted by Gasteiger charge is -2.46. The van der Waals surface area contributed by atoms with Gasteiger partial charge in [0, 0.05) is 6.07 Å². The van der Waals surface area contributed by atoms with Crippen molar-refractivity contribution in [2.24, 2.45) is 0 Å². The summed E-state index contributed by atoms with van der Waals surface area (Å²) in [5.41, 5.74) is -3.93. The highest BCUT2D eigenvalue weighted by Gasteiger charge is 2.37. The smallest absolute Gasteiger partial charge is 0.349 e. The van der Waals surface area contributed by atoms with Crippen LogP contribution in [0, 0.1) is 0 Å². The first-order chi connectivity index (χ1) is 17.2. The molecule has 0 atom stereocenters. The summed E-state index contributed by atoms with van der Waals surface area (Å²) in [6.45, 7) is 0. The maximum atomic E-state index is 13.0. The SMILES string of the molecule is O=c1[nH]c(=O)n(-c2cc(Cl)c(Oc3cc(S(=O)(=O)NC4CS(O)(O)C4)c(O)cn3)c(Cl)c2)nc1C(F)F. The first-order valence-electron chi connectivity index (χ1n) is 9.81. The second kappa shape index (κ2) is 9.82. The molecule has 2 aromatic heterocycles. The van der Waals surface area contributed by atoms with Gasteiger partial charge < -0.3 is 9.84 Å². The highest BCUT2D eigenvalue weighted by Crippen LogP contribution is 2.49. The third kappa shape index (κ3) is 5.71. The maximum absolute atomic E-state index is 13.0. The summed E-state index contributed by atoms with van der Waals surface area (Å²) in [5, 5.41) is 12.8. The Labute approximate surface area is 217 Å². The van der Waals surface area contributed by atoms with Crippen LogP contribution < -0.4 is 20.7 Å². The molecular formula is C18H15Cl2F2N5O8S2. The van der Waals surface area contributed by atoms with Crippen LogP contribution in [-0.2, 0) is 10.0 Å². The van der Waals surface area contributed by atoms with Crippen molar-refractivity contribution in [1.82, 2.24) is 24.5 Å². The van der Waals surface area contributed by atoms with Gasteiger partial charge in [-0.2, -0.15) is 20.4 Å². The van der Waals surface area contributed by atoms with Crippen molar-refractivity contribution < 1.29 is 36.1 Å². The number of aromatic amines is 1. The highest BCUT2D eigenvalue weighted by molar-refractivity contribution is 8.25. The molecule has 19 heteroatoms. The van der Waals surface area contributed by atoms with Crippen molar-refractivity contribution in [3.8, 4) is 23.1 Å². The predicted molar refractivity (Wildman–Crippen MR) is 128 cm³/mol. The van der Waals surface area contributed by atoms with Crippen molar-refractivity contribution in [3.63, 3.8) is 0 Å². The molecule has 0 spiro atoms. The van der Waals surface area contributed by atoms with Crippen molar-refractivity contribution in [3.05, 3.63) is 61.0 Å². The summed E-state index contributed by atoms with van der Waals surface area (Å²) in [6, 6.07) is 2.22. The van der Waals surface area contributed by atoms with Gasteiger partial charge in [-0.3, -0.25) is 18.9 Å².